The third-order valence-electron chi connectivity index (χ3n) is 4.36. The molecule has 0 aliphatic carbocycles. The van der Waals surface area contributed by atoms with Gasteiger partial charge in [0.05, 0.1) is 6.61 Å². The van der Waals surface area contributed by atoms with E-state index < -0.39 is 0 Å². The number of carbonyl (C=O) groups is 1. The van der Waals surface area contributed by atoms with Crippen LogP contribution in [0.4, 0.5) is 11.6 Å². The number of aryl methyl sites for hydroxylation is 1. The minimum atomic E-state index is -0.263. The van der Waals surface area contributed by atoms with Gasteiger partial charge in [-0.25, -0.2) is 4.98 Å². The van der Waals surface area contributed by atoms with Crippen molar-refractivity contribution in [3.63, 3.8) is 0 Å². The van der Waals surface area contributed by atoms with Crippen molar-refractivity contribution in [2.75, 3.05) is 18.5 Å². The number of ether oxygens (including phenoxy) is 1. The fourth-order valence-corrected chi connectivity index (χ4v) is 3.04. The summed E-state index contributed by atoms with van der Waals surface area (Å²) in [7, 11) is 0. The number of aromatic nitrogens is 3. The SMILES string of the molecule is Cc1cc2cc(Oc3ccnc(Nc4cccc(C(=O)NCCO)c4)n3)ccc2[nH]1. The molecule has 1 amide bonds. The molecule has 0 saturated heterocycles. The molecule has 0 spiro atoms. The van der Waals surface area contributed by atoms with Crippen molar-refractivity contribution in [2.45, 2.75) is 6.92 Å². The Hall–Kier alpha value is -3.91. The fraction of sp³-hybridized carbons (Fsp3) is 0.136. The molecule has 0 bridgehead atoms. The zero-order valence-electron chi connectivity index (χ0n) is 16.3. The van der Waals surface area contributed by atoms with E-state index >= 15 is 0 Å². The number of amides is 1. The Kier molecular flexibility index (Phi) is 5.58. The summed E-state index contributed by atoms with van der Waals surface area (Å²) in [5.41, 5.74) is 3.26. The number of hydrogen-bond acceptors (Lipinski definition) is 6. The van der Waals surface area contributed by atoms with Crippen LogP contribution in [-0.4, -0.2) is 39.1 Å². The van der Waals surface area contributed by atoms with Gasteiger partial charge >= 0.3 is 0 Å². The van der Waals surface area contributed by atoms with Gasteiger partial charge in [-0.15, -0.1) is 0 Å². The molecule has 2 heterocycles. The minimum absolute atomic E-state index is 0.110. The number of nitrogens with one attached hydrogen (secondary N) is 3. The maximum Gasteiger partial charge on any atom is 0.251 e. The van der Waals surface area contributed by atoms with Gasteiger partial charge < -0.3 is 25.5 Å². The Morgan fingerprint density at radius 3 is 2.93 bits per heavy atom. The molecule has 0 unspecified atom stereocenters. The van der Waals surface area contributed by atoms with Crippen molar-refractivity contribution in [3.05, 3.63) is 72.1 Å². The highest BCUT2D eigenvalue weighted by Crippen LogP contribution is 2.26. The van der Waals surface area contributed by atoms with Crippen molar-refractivity contribution in [2.24, 2.45) is 0 Å². The molecule has 0 fully saturated rings. The lowest BCUT2D eigenvalue weighted by Crippen LogP contribution is -2.26. The maximum atomic E-state index is 12.1. The van der Waals surface area contributed by atoms with E-state index in [0.717, 1.165) is 16.6 Å². The van der Waals surface area contributed by atoms with Crippen molar-refractivity contribution < 1.29 is 14.6 Å². The van der Waals surface area contributed by atoms with Crippen molar-refractivity contribution in [1.82, 2.24) is 20.3 Å². The quantitative estimate of drug-likeness (QED) is 0.376. The molecule has 0 aliphatic heterocycles. The largest absolute Gasteiger partial charge is 0.439 e. The predicted octanol–water partition coefficient (Wildman–Crippen LogP) is 3.52. The summed E-state index contributed by atoms with van der Waals surface area (Å²) < 4.78 is 5.89. The monoisotopic (exact) mass is 403 g/mol. The van der Waals surface area contributed by atoms with Crippen LogP contribution < -0.4 is 15.4 Å². The number of rotatable bonds is 7. The molecule has 0 atom stereocenters. The van der Waals surface area contributed by atoms with Gasteiger partial charge in [-0.2, -0.15) is 4.98 Å². The number of aliphatic hydroxyl groups is 1. The van der Waals surface area contributed by atoms with E-state index in [1.165, 1.54) is 0 Å². The summed E-state index contributed by atoms with van der Waals surface area (Å²) in [4.78, 5) is 23.9. The first-order chi connectivity index (χ1) is 14.6. The van der Waals surface area contributed by atoms with Crippen molar-refractivity contribution >= 4 is 28.4 Å². The number of H-pyrrole nitrogens is 1. The molecule has 30 heavy (non-hydrogen) atoms. The maximum absolute atomic E-state index is 12.1. The molecular weight excluding hydrogens is 382 g/mol. The van der Waals surface area contributed by atoms with Crippen LogP contribution in [-0.2, 0) is 0 Å². The van der Waals surface area contributed by atoms with Crippen molar-refractivity contribution in [1.29, 1.82) is 0 Å². The number of benzene rings is 2. The Morgan fingerprint density at radius 1 is 1.17 bits per heavy atom. The molecule has 4 aromatic rings. The molecule has 0 aliphatic rings. The summed E-state index contributed by atoms with van der Waals surface area (Å²) in [5, 5.41) is 15.6. The third-order valence-corrected chi connectivity index (χ3v) is 4.36. The van der Waals surface area contributed by atoms with Gasteiger partial charge in [0, 0.05) is 46.7 Å². The molecular formula is C22H21N5O3. The van der Waals surface area contributed by atoms with Gasteiger partial charge in [0.2, 0.25) is 11.8 Å². The molecule has 2 aromatic heterocycles. The van der Waals surface area contributed by atoms with Gasteiger partial charge in [0.25, 0.3) is 5.91 Å². The highest BCUT2D eigenvalue weighted by molar-refractivity contribution is 5.95. The zero-order valence-corrected chi connectivity index (χ0v) is 16.3. The highest BCUT2D eigenvalue weighted by Gasteiger charge is 2.08. The van der Waals surface area contributed by atoms with E-state index in [1.54, 1.807) is 30.5 Å². The van der Waals surface area contributed by atoms with E-state index in [1.807, 2.05) is 31.2 Å². The molecule has 4 N–H and O–H groups in total. The second kappa shape index (κ2) is 8.62. The highest BCUT2D eigenvalue weighted by atomic mass is 16.5. The van der Waals surface area contributed by atoms with Gasteiger partial charge in [0.1, 0.15) is 5.75 Å². The minimum Gasteiger partial charge on any atom is -0.439 e. The van der Waals surface area contributed by atoms with E-state index in [4.69, 9.17) is 9.84 Å². The number of aliphatic hydroxyl groups excluding tert-OH is 1. The Labute approximate surface area is 173 Å². The van der Waals surface area contributed by atoms with E-state index in [0.29, 0.717) is 28.8 Å². The Morgan fingerprint density at radius 2 is 2.07 bits per heavy atom. The average Bonchev–Trinajstić information content (AvgIpc) is 3.12. The zero-order chi connectivity index (χ0) is 20.9. The van der Waals surface area contributed by atoms with Crippen molar-refractivity contribution in [3.8, 4) is 11.6 Å². The van der Waals surface area contributed by atoms with Gasteiger partial charge in [-0.05, 0) is 49.4 Å². The van der Waals surface area contributed by atoms with Crippen LogP contribution in [0.5, 0.6) is 11.6 Å². The Bertz CT molecular complexity index is 1190. The molecule has 4 rings (SSSR count). The summed E-state index contributed by atoms with van der Waals surface area (Å²) in [6, 6.07) is 16.5. The summed E-state index contributed by atoms with van der Waals surface area (Å²) >= 11 is 0. The topological polar surface area (TPSA) is 112 Å². The predicted molar refractivity (Wildman–Crippen MR) is 114 cm³/mol. The van der Waals surface area contributed by atoms with Crippen LogP contribution in [0.1, 0.15) is 16.1 Å². The number of aromatic amines is 1. The molecule has 0 radical (unpaired) electrons. The van der Waals surface area contributed by atoms with Gasteiger partial charge in [-0.1, -0.05) is 6.07 Å². The summed E-state index contributed by atoms with van der Waals surface area (Å²) in [5.74, 6) is 1.16. The second-order valence-corrected chi connectivity index (χ2v) is 6.71. The van der Waals surface area contributed by atoms with Crippen LogP contribution >= 0.6 is 0 Å². The van der Waals surface area contributed by atoms with Gasteiger partial charge in [-0.3, -0.25) is 4.79 Å². The van der Waals surface area contributed by atoms with Crippen LogP contribution in [0, 0.1) is 6.92 Å². The van der Waals surface area contributed by atoms with E-state index in [2.05, 4.69) is 31.7 Å². The van der Waals surface area contributed by atoms with Gasteiger partial charge in [0.15, 0.2) is 0 Å². The number of nitrogens with zero attached hydrogens (tertiary/aromatic N) is 2. The first-order valence-electron chi connectivity index (χ1n) is 9.47. The van der Waals surface area contributed by atoms with Crippen LogP contribution in [0.2, 0.25) is 0 Å². The van der Waals surface area contributed by atoms with E-state index in [9.17, 15) is 4.79 Å². The second-order valence-electron chi connectivity index (χ2n) is 6.71. The lowest BCUT2D eigenvalue weighted by atomic mass is 10.2. The first-order valence-corrected chi connectivity index (χ1v) is 9.47. The normalized spacial score (nSPS) is 10.7. The molecule has 0 saturated carbocycles. The molecule has 152 valence electrons. The number of carbonyl (C=O) groups excluding carboxylic acids is 1. The number of fused-ring (bicyclic) bond motifs is 1. The van der Waals surface area contributed by atoms with Crippen LogP contribution in [0.3, 0.4) is 0 Å². The molecule has 8 heteroatoms. The Balaban J connectivity index is 1.48. The van der Waals surface area contributed by atoms with E-state index in [-0.39, 0.29) is 19.1 Å². The smallest absolute Gasteiger partial charge is 0.251 e. The number of hydrogen-bond donors (Lipinski definition) is 4. The van der Waals surface area contributed by atoms with Crippen LogP contribution in [0.25, 0.3) is 10.9 Å². The molecule has 8 nitrogen and oxygen atoms in total. The van der Waals surface area contributed by atoms with Crippen LogP contribution in [0.15, 0.2) is 60.8 Å². The fourth-order valence-electron chi connectivity index (χ4n) is 3.04. The lowest BCUT2D eigenvalue weighted by Gasteiger charge is -2.09. The summed E-state index contributed by atoms with van der Waals surface area (Å²) in [6.07, 6.45) is 1.60. The average molecular weight is 403 g/mol. The lowest BCUT2D eigenvalue weighted by molar-refractivity contribution is 0.0945. The number of anilines is 2. The standard InChI is InChI=1S/C22H21N5O3/c1-14-11-16-13-18(5-6-19(16)25-14)30-20-7-8-24-22(27-20)26-17-4-2-3-15(12-17)21(29)23-9-10-28/h2-8,11-13,25,28H,9-10H2,1H3,(H,23,29)(H,24,26,27). The third kappa shape index (κ3) is 4.56. The first kappa shape index (κ1) is 19.4. The summed E-state index contributed by atoms with van der Waals surface area (Å²) in [6.45, 7) is 2.10. The molecule has 2 aromatic carbocycles.